The number of nitrogens with one attached hydrogen (secondary N) is 2. The highest BCUT2D eigenvalue weighted by Gasteiger charge is 2.16. The molecule has 2 nitrogen and oxygen atoms in total. The lowest BCUT2D eigenvalue weighted by molar-refractivity contribution is 0.461. The van der Waals surface area contributed by atoms with Crippen LogP contribution in [0.1, 0.15) is 49.1 Å². The minimum atomic E-state index is 0.645. The van der Waals surface area contributed by atoms with Gasteiger partial charge in [-0.05, 0) is 55.8 Å². The van der Waals surface area contributed by atoms with Gasteiger partial charge < -0.3 is 10.6 Å². The summed E-state index contributed by atoms with van der Waals surface area (Å²) in [6.45, 7) is 5.68. The van der Waals surface area contributed by atoms with Gasteiger partial charge in [0.2, 0.25) is 0 Å². The highest BCUT2D eigenvalue weighted by molar-refractivity contribution is 5.29. The van der Waals surface area contributed by atoms with Crippen LogP contribution in [0.4, 0.5) is 0 Å². The predicted octanol–water partition coefficient (Wildman–Crippen LogP) is 2.87. The normalized spacial score (nSPS) is 21.8. The van der Waals surface area contributed by atoms with Crippen LogP contribution >= 0.6 is 0 Å². The van der Waals surface area contributed by atoms with E-state index in [2.05, 4.69) is 41.8 Å². The molecule has 2 rings (SSSR count). The standard InChI is InChI=1S/C16H26N2/c1-3-13(11-17-2)14-6-4-7-15(10-14)16-8-5-9-18-12-16/h4,6-7,10,13,16-18H,3,5,8-9,11-12H2,1-2H3. The van der Waals surface area contributed by atoms with E-state index in [9.17, 15) is 0 Å². The maximum absolute atomic E-state index is 3.51. The van der Waals surface area contributed by atoms with Gasteiger partial charge in [0.05, 0.1) is 0 Å². The van der Waals surface area contributed by atoms with Gasteiger partial charge in [0.25, 0.3) is 0 Å². The largest absolute Gasteiger partial charge is 0.319 e. The van der Waals surface area contributed by atoms with Gasteiger partial charge in [0.1, 0.15) is 0 Å². The van der Waals surface area contributed by atoms with Crippen LogP contribution in [0.15, 0.2) is 24.3 Å². The van der Waals surface area contributed by atoms with E-state index in [0.717, 1.165) is 13.1 Å². The lowest BCUT2D eigenvalue weighted by atomic mass is 9.87. The number of hydrogen-bond donors (Lipinski definition) is 2. The molecule has 1 fully saturated rings. The molecule has 1 heterocycles. The Hall–Kier alpha value is -0.860. The van der Waals surface area contributed by atoms with Crippen molar-refractivity contribution in [3.63, 3.8) is 0 Å². The molecule has 0 bridgehead atoms. The highest BCUT2D eigenvalue weighted by Crippen LogP contribution is 2.27. The fourth-order valence-electron chi connectivity index (χ4n) is 2.95. The fourth-order valence-corrected chi connectivity index (χ4v) is 2.95. The van der Waals surface area contributed by atoms with Gasteiger partial charge in [0.15, 0.2) is 0 Å². The zero-order valence-electron chi connectivity index (χ0n) is 11.7. The van der Waals surface area contributed by atoms with Crippen molar-refractivity contribution < 1.29 is 0 Å². The molecule has 2 heteroatoms. The van der Waals surface area contributed by atoms with Gasteiger partial charge in [-0.3, -0.25) is 0 Å². The minimum absolute atomic E-state index is 0.645. The molecule has 0 spiro atoms. The molecule has 0 amide bonds. The smallest absolute Gasteiger partial charge is 0.00201 e. The molecule has 1 aromatic rings. The number of hydrogen-bond acceptors (Lipinski definition) is 2. The number of rotatable bonds is 5. The number of piperidine rings is 1. The van der Waals surface area contributed by atoms with E-state index in [1.54, 1.807) is 0 Å². The Bertz CT molecular complexity index is 336. The monoisotopic (exact) mass is 246 g/mol. The lowest BCUT2D eigenvalue weighted by Crippen LogP contribution is -2.28. The van der Waals surface area contributed by atoms with E-state index < -0.39 is 0 Å². The second kappa shape index (κ2) is 6.91. The molecule has 1 aliphatic heterocycles. The Kier molecular flexibility index (Phi) is 5.21. The second-order valence-corrected chi connectivity index (χ2v) is 5.38. The van der Waals surface area contributed by atoms with Crippen LogP contribution in [-0.2, 0) is 0 Å². The zero-order valence-corrected chi connectivity index (χ0v) is 11.7. The molecule has 0 aliphatic carbocycles. The van der Waals surface area contributed by atoms with Crippen molar-refractivity contribution in [2.75, 3.05) is 26.7 Å². The summed E-state index contributed by atoms with van der Waals surface area (Å²) in [6, 6.07) is 9.25. The third-order valence-electron chi connectivity index (χ3n) is 4.09. The molecule has 1 aromatic carbocycles. The summed E-state index contributed by atoms with van der Waals surface area (Å²) in [5.41, 5.74) is 3.02. The molecule has 1 saturated heterocycles. The van der Waals surface area contributed by atoms with Gasteiger partial charge in [-0.1, -0.05) is 31.2 Å². The van der Waals surface area contributed by atoms with Crippen molar-refractivity contribution in [3.8, 4) is 0 Å². The van der Waals surface area contributed by atoms with Crippen molar-refractivity contribution in [2.24, 2.45) is 0 Å². The van der Waals surface area contributed by atoms with Crippen LogP contribution in [0.5, 0.6) is 0 Å². The summed E-state index contributed by atoms with van der Waals surface area (Å²) in [5, 5.41) is 6.81. The van der Waals surface area contributed by atoms with Crippen LogP contribution in [0.25, 0.3) is 0 Å². The third kappa shape index (κ3) is 3.33. The van der Waals surface area contributed by atoms with Gasteiger partial charge >= 0.3 is 0 Å². The Morgan fingerprint density at radius 1 is 1.44 bits per heavy atom. The van der Waals surface area contributed by atoms with E-state index >= 15 is 0 Å². The Morgan fingerprint density at radius 2 is 2.33 bits per heavy atom. The van der Waals surface area contributed by atoms with Gasteiger partial charge in [0, 0.05) is 13.1 Å². The molecule has 0 saturated carbocycles. The molecule has 100 valence electrons. The topological polar surface area (TPSA) is 24.1 Å². The van der Waals surface area contributed by atoms with Crippen LogP contribution in [0.2, 0.25) is 0 Å². The predicted molar refractivity (Wildman–Crippen MR) is 78.2 cm³/mol. The third-order valence-corrected chi connectivity index (χ3v) is 4.09. The average Bonchev–Trinajstić information content (AvgIpc) is 2.46. The van der Waals surface area contributed by atoms with Gasteiger partial charge in [-0.2, -0.15) is 0 Å². The maximum Gasteiger partial charge on any atom is 0.00201 e. The van der Waals surface area contributed by atoms with Crippen molar-refractivity contribution in [1.82, 2.24) is 10.6 Å². The summed E-state index contributed by atoms with van der Waals surface area (Å²) in [5.74, 6) is 1.36. The molecular weight excluding hydrogens is 220 g/mol. The van der Waals surface area contributed by atoms with Crippen LogP contribution in [-0.4, -0.2) is 26.7 Å². The Morgan fingerprint density at radius 3 is 3.00 bits per heavy atom. The number of benzene rings is 1. The fraction of sp³-hybridized carbons (Fsp3) is 0.625. The molecule has 2 unspecified atom stereocenters. The first kappa shape index (κ1) is 13.6. The van der Waals surface area contributed by atoms with E-state index in [0.29, 0.717) is 11.8 Å². The zero-order chi connectivity index (χ0) is 12.8. The molecule has 0 aromatic heterocycles. The van der Waals surface area contributed by atoms with Crippen LogP contribution in [0, 0.1) is 0 Å². The second-order valence-electron chi connectivity index (χ2n) is 5.38. The van der Waals surface area contributed by atoms with E-state index in [4.69, 9.17) is 0 Å². The Labute approximate surface area is 111 Å². The van der Waals surface area contributed by atoms with Crippen molar-refractivity contribution in [2.45, 2.75) is 38.0 Å². The number of likely N-dealkylation sites (N-methyl/N-ethyl adjacent to an activating group) is 1. The average molecular weight is 246 g/mol. The van der Waals surface area contributed by atoms with Crippen molar-refractivity contribution in [3.05, 3.63) is 35.4 Å². The molecule has 1 aliphatic rings. The quantitative estimate of drug-likeness (QED) is 0.835. The summed E-state index contributed by atoms with van der Waals surface area (Å²) in [6.07, 6.45) is 3.84. The van der Waals surface area contributed by atoms with Crippen LogP contribution in [0.3, 0.4) is 0 Å². The Balaban J connectivity index is 2.12. The lowest BCUT2D eigenvalue weighted by Gasteiger charge is -2.24. The van der Waals surface area contributed by atoms with Gasteiger partial charge in [-0.25, -0.2) is 0 Å². The van der Waals surface area contributed by atoms with Crippen LogP contribution < -0.4 is 10.6 Å². The first-order chi connectivity index (χ1) is 8.85. The molecule has 2 atom stereocenters. The summed E-state index contributed by atoms with van der Waals surface area (Å²) in [7, 11) is 2.04. The van der Waals surface area contributed by atoms with E-state index in [1.165, 1.54) is 36.9 Å². The first-order valence-corrected chi connectivity index (χ1v) is 7.30. The molecule has 18 heavy (non-hydrogen) atoms. The minimum Gasteiger partial charge on any atom is -0.319 e. The maximum atomic E-state index is 3.51. The van der Waals surface area contributed by atoms with E-state index in [-0.39, 0.29) is 0 Å². The van der Waals surface area contributed by atoms with Crippen molar-refractivity contribution >= 4 is 0 Å². The SMILES string of the molecule is CCC(CNC)c1cccc(C2CCCNC2)c1. The van der Waals surface area contributed by atoms with E-state index in [1.807, 2.05) is 7.05 Å². The summed E-state index contributed by atoms with van der Waals surface area (Å²) < 4.78 is 0. The molecule has 2 N–H and O–H groups in total. The van der Waals surface area contributed by atoms with Gasteiger partial charge in [-0.15, -0.1) is 0 Å². The molecular formula is C16H26N2. The summed E-state index contributed by atoms with van der Waals surface area (Å²) >= 11 is 0. The summed E-state index contributed by atoms with van der Waals surface area (Å²) in [4.78, 5) is 0. The highest BCUT2D eigenvalue weighted by atomic mass is 14.9. The van der Waals surface area contributed by atoms with Crippen molar-refractivity contribution in [1.29, 1.82) is 0 Å². The first-order valence-electron chi connectivity index (χ1n) is 7.30. The molecule has 0 radical (unpaired) electrons.